The number of carbonyl (C=O) groups excluding carboxylic acids is 2. The molecule has 0 bridgehead atoms. The van der Waals surface area contributed by atoms with Gasteiger partial charge in [-0.3, -0.25) is 14.5 Å². The number of benzene rings is 2. The molecule has 1 atom stereocenters. The van der Waals surface area contributed by atoms with Crippen molar-refractivity contribution < 1.29 is 38.0 Å². The number of hydrogen-bond donors (Lipinski definition) is 1. The number of amides is 1. The number of rotatable bonds is 8. The van der Waals surface area contributed by atoms with Crippen LogP contribution in [0.1, 0.15) is 17.2 Å². The third-order valence-corrected chi connectivity index (χ3v) is 6.42. The first-order valence-electron chi connectivity index (χ1n) is 11.5. The van der Waals surface area contributed by atoms with Crippen molar-refractivity contribution in [2.24, 2.45) is 0 Å². The maximum Gasteiger partial charge on any atom is 0.295 e. The molecular formula is C26H29FN2O7. The summed E-state index contributed by atoms with van der Waals surface area (Å²) in [7, 11) is 4.41. The highest BCUT2D eigenvalue weighted by atomic mass is 19.1. The molecule has 2 aliphatic heterocycles. The van der Waals surface area contributed by atoms with E-state index in [-0.39, 0.29) is 23.4 Å². The van der Waals surface area contributed by atoms with Crippen molar-refractivity contribution in [2.75, 3.05) is 60.7 Å². The minimum atomic E-state index is -0.926. The molecule has 0 spiro atoms. The van der Waals surface area contributed by atoms with E-state index in [9.17, 15) is 19.1 Å². The number of carbonyl (C=O) groups is 2. The number of Topliss-reactive ketones (excluding diaryl/α,β-unsaturated/α-hetero) is 1. The molecule has 2 aliphatic rings. The van der Waals surface area contributed by atoms with E-state index in [2.05, 4.69) is 4.90 Å². The van der Waals surface area contributed by atoms with Crippen LogP contribution in [0.25, 0.3) is 5.76 Å². The molecule has 2 saturated heterocycles. The SMILES string of the molecule is COc1cc([C@@H]2/C(=C(\O)c3ccc(F)cc3)C(=O)C(=O)N2CCN2CCOCC2)cc(OC)c1OC. The van der Waals surface area contributed by atoms with Gasteiger partial charge in [0, 0.05) is 31.7 Å². The van der Waals surface area contributed by atoms with E-state index >= 15 is 0 Å². The Kier molecular flexibility index (Phi) is 7.76. The molecule has 2 fully saturated rings. The summed E-state index contributed by atoms with van der Waals surface area (Å²) in [6.07, 6.45) is 0. The van der Waals surface area contributed by atoms with Gasteiger partial charge in [0.1, 0.15) is 11.6 Å². The number of nitrogens with zero attached hydrogens (tertiary/aromatic N) is 2. The van der Waals surface area contributed by atoms with Gasteiger partial charge in [-0.1, -0.05) is 0 Å². The standard InChI is InChI=1S/C26H29FN2O7/c1-33-19-14-17(15-20(34-2)25(19)35-3)22-21(23(30)16-4-6-18(27)7-5-16)24(31)26(32)29(22)9-8-28-10-12-36-13-11-28/h4-7,14-15,22,30H,8-13H2,1-3H3/b23-21+/t22-/m1/s1. The Labute approximate surface area is 208 Å². The van der Waals surface area contributed by atoms with Gasteiger partial charge in [-0.2, -0.15) is 0 Å². The summed E-state index contributed by atoms with van der Waals surface area (Å²) in [5, 5.41) is 11.2. The van der Waals surface area contributed by atoms with E-state index < -0.39 is 23.5 Å². The minimum Gasteiger partial charge on any atom is -0.507 e. The highest BCUT2D eigenvalue weighted by Gasteiger charge is 2.46. The van der Waals surface area contributed by atoms with Gasteiger partial charge in [0.25, 0.3) is 11.7 Å². The molecule has 2 aromatic rings. The van der Waals surface area contributed by atoms with Gasteiger partial charge in [-0.25, -0.2) is 4.39 Å². The second-order valence-electron chi connectivity index (χ2n) is 8.41. The smallest absolute Gasteiger partial charge is 0.295 e. The van der Waals surface area contributed by atoms with E-state index in [0.29, 0.717) is 55.7 Å². The Morgan fingerprint density at radius 1 is 1.00 bits per heavy atom. The van der Waals surface area contributed by atoms with Crippen LogP contribution in [0, 0.1) is 5.82 Å². The van der Waals surface area contributed by atoms with E-state index in [4.69, 9.17) is 18.9 Å². The number of halogens is 1. The van der Waals surface area contributed by atoms with Crippen LogP contribution in [-0.4, -0.2) is 87.3 Å². The van der Waals surface area contributed by atoms with Crippen LogP contribution in [0.3, 0.4) is 0 Å². The molecule has 2 aromatic carbocycles. The highest BCUT2D eigenvalue weighted by molar-refractivity contribution is 6.46. The summed E-state index contributed by atoms with van der Waals surface area (Å²) in [6.45, 7) is 3.39. The van der Waals surface area contributed by atoms with Gasteiger partial charge in [0.15, 0.2) is 11.5 Å². The number of morpholine rings is 1. The van der Waals surface area contributed by atoms with Crippen LogP contribution < -0.4 is 14.2 Å². The van der Waals surface area contributed by atoms with E-state index in [0.717, 1.165) is 0 Å². The van der Waals surface area contributed by atoms with Crippen molar-refractivity contribution in [1.82, 2.24) is 9.80 Å². The van der Waals surface area contributed by atoms with Crippen LogP contribution in [0.2, 0.25) is 0 Å². The fourth-order valence-electron chi connectivity index (χ4n) is 4.55. The van der Waals surface area contributed by atoms with Gasteiger partial charge in [-0.15, -0.1) is 0 Å². The van der Waals surface area contributed by atoms with Crippen LogP contribution in [0.15, 0.2) is 42.0 Å². The second kappa shape index (κ2) is 11.0. The zero-order valence-corrected chi connectivity index (χ0v) is 20.5. The zero-order chi connectivity index (χ0) is 25.8. The fourth-order valence-corrected chi connectivity index (χ4v) is 4.55. The van der Waals surface area contributed by atoms with Crippen LogP contribution in [0.5, 0.6) is 17.2 Å². The molecule has 9 nitrogen and oxygen atoms in total. The molecule has 0 aromatic heterocycles. The van der Waals surface area contributed by atoms with Gasteiger partial charge in [0.05, 0.1) is 46.2 Å². The monoisotopic (exact) mass is 500 g/mol. The first kappa shape index (κ1) is 25.5. The molecule has 10 heteroatoms. The molecule has 0 aliphatic carbocycles. The molecule has 0 saturated carbocycles. The maximum absolute atomic E-state index is 13.5. The number of hydrogen-bond acceptors (Lipinski definition) is 8. The average molecular weight is 501 g/mol. The van der Waals surface area contributed by atoms with Gasteiger partial charge in [-0.05, 0) is 42.0 Å². The summed E-state index contributed by atoms with van der Waals surface area (Å²) in [5.41, 5.74) is 0.622. The predicted octanol–water partition coefficient (Wildman–Crippen LogP) is 2.61. The number of aliphatic hydroxyl groups is 1. The predicted molar refractivity (Wildman–Crippen MR) is 129 cm³/mol. The average Bonchev–Trinajstić information content (AvgIpc) is 3.16. The normalized spacial score (nSPS) is 20.0. The summed E-state index contributed by atoms with van der Waals surface area (Å²) in [5.74, 6) is -1.39. The van der Waals surface area contributed by atoms with Crippen LogP contribution in [-0.2, 0) is 14.3 Å². The number of methoxy groups -OCH3 is 3. The van der Waals surface area contributed by atoms with Gasteiger partial charge in [0.2, 0.25) is 5.75 Å². The molecule has 1 N–H and O–H groups in total. The lowest BCUT2D eigenvalue weighted by Crippen LogP contribution is -2.42. The third-order valence-electron chi connectivity index (χ3n) is 6.42. The molecule has 2 heterocycles. The minimum absolute atomic E-state index is 0.0946. The first-order chi connectivity index (χ1) is 17.4. The van der Waals surface area contributed by atoms with Gasteiger partial charge < -0.3 is 29.0 Å². The van der Waals surface area contributed by atoms with E-state index in [1.165, 1.54) is 50.5 Å². The van der Waals surface area contributed by atoms with E-state index in [1.54, 1.807) is 12.1 Å². The molecule has 36 heavy (non-hydrogen) atoms. The molecule has 0 radical (unpaired) electrons. The Balaban J connectivity index is 1.83. The topological polar surface area (TPSA) is 97.8 Å². The summed E-state index contributed by atoms with van der Waals surface area (Å²) in [4.78, 5) is 30.1. The summed E-state index contributed by atoms with van der Waals surface area (Å²) in [6, 6.07) is 7.45. The summed E-state index contributed by atoms with van der Waals surface area (Å²) >= 11 is 0. The van der Waals surface area contributed by atoms with Crippen molar-refractivity contribution in [3.8, 4) is 17.2 Å². The van der Waals surface area contributed by atoms with Crippen molar-refractivity contribution in [3.05, 3.63) is 58.9 Å². The Morgan fingerprint density at radius 2 is 1.61 bits per heavy atom. The first-order valence-corrected chi connectivity index (χ1v) is 11.5. The van der Waals surface area contributed by atoms with Crippen LogP contribution >= 0.6 is 0 Å². The Hall–Kier alpha value is -3.63. The van der Waals surface area contributed by atoms with E-state index in [1.807, 2.05) is 0 Å². The number of ketones is 1. The quantitative estimate of drug-likeness (QED) is 0.336. The van der Waals surface area contributed by atoms with Crippen molar-refractivity contribution in [1.29, 1.82) is 0 Å². The Bertz CT molecular complexity index is 1130. The van der Waals surface area contributed by atoms with Crippen molar-refractivity contribution >= 4 is 17.4 Å². The fraction of sp³-hybridized carbons (Fsp3) is 0.385. The maximum atomic E-state index is 13.5. The number of likely N-dealkylation sites (tertiary alicyclic amines) is 1. The third kappa shape index (κ3) is 4.87. The molecule has 4 rings (SSSR count). The summed E-state index contributed by atoms with van der Waals surface area (Å²) < 4.78 is 35.3. The lowest BCUT2D eigenvalue weighted by atomic mass is 9.94. The zero-order valence-electron chi connectivity index (χ0n) is 20.5. The van der Waals surface area contributed by atoms with Crippen molar-refractivity contribution in [2.45, 2.75) is 6.04 Å². The van der Waals surface area contributed by atoms with Gasteiger partial charge >= 0.3 is 0 Å². The number of ether oxygens (including phenoxy) is 4. The number of aliphatic hydroxyl groups excluding tert-OH is 1. The highest BCUT2D eigenvalue weighted by Crippen LogP contribution is 2.45. The largest absolute Gasteiger partial charge is 0.507 e. The van der Waals surface area contributed by atoms with Crippen molar-refractivity contribution in [3.63, 3.8) is 0 Å². The molecule has 0 unspecified atom stereocenters. The molecular weight excluding hydrogens is 471 g/mol. The second-order valence-corrected chi connectivity index (χ2v) is 8.41. The molecule has 192 valence electrons. The van der Waals surface area contributed by atoms with Crippen LogP contribution in [0.4, 0.5) is 4.39 Å². The molecule has 1 amide bonds. The lowest BCUT2D eigenvalue weighted by Gasteiger charge is -2.31. The Morgan fingerprint density at radius 3 is 2.17 bits per heavy atom. The lowest BCUT2D eigenvalue weighted by molar-refractivity contribution is -0.140.